The fourth-order valence-corrected chi connectivity index (χ4v) is 2.59. The number of benzene rings is 1. The minimum absolute atomic E-state index is 0.152. The predicted molar refractivity (Wildman–Crippen MR) is 113 cm³/mol. The van der Waals surface area contributed by atoms with Gasteiger partial charge < -0.3 is 14.4 Å². The first-order valence-electron chi connectivity index (χ1n) is 9.50. The summed E-state index contributed by atoms with van der Waals surface area (Å²) in [5.74, 6) is -0.422. The Morgan fingerprint density at radius 3 is 2.38 bits per heavy atom. The number of aromatic nitrogens is 1. The first-order valence-corrected chi connectivity index (χ1v) is 9.50. The molecule has 0 unspecified atom stereocenters. The van der Waals surface area contributed by atoms with E-state index in [4.69, 9.17) is 9.47 Å². The van der Waals surface area contributed by atoms with Crippen LogP contribution in [0.3, 0.4) is 0 Å². The van der Waals surface area contributed by atoms with Gasteiger partial charge in [-0.3, -0.25) is 9.88 Å². The maximum atomic E-state index is 12.9. The summed E-state index contributed by atoms with van der Waals surface area (Å²) in [5, 5.41) is 0. The average molecular weight is 399 g/mol. The predicted octanol–water partition coefficient (Wildman–Crippen LogP) is 4.27. The van der Waals surface area contributed by atoms with Crippen LogP contribution in [-0.4, -0.2) is 43.3 Å². The second-order valence-corrected chi connectivity index (χ2v) is 7.74. The highest BCUT2D eigenvalue weighted by Gasteiger charge is 2.24. The molecular weight excluding hydrogens is 370 g/mol. The molecule has 0 aliphatic carbocycles. The van der Waals surface area contributed by atoms with Crippen molar-refractivity contribution in [2.45, 2.75) is 39.8 Å². The molecule has 2 aromatic rings. The molecule has 7 heteroatoms. The number of nitrogens with zero attached hydrogens (tertiary/aromatic N) is 3. The van der Waals surface area contributed by atoms with Crippen LogP contribution in [0.1, 0.15) is 43.7 Å². The van der Waals surface area contributed by atoms with Crippen molar-refractivity contribution < 1.29 is 19.1 Å². The summed E-state index contributed by atoms with van der Waals surface area (Å²) in [6, 6.07) is 10.8. The largest absolute Gasteiger partial charge is 0.462 e. The molecule has 0 radical (unpaired) electrons. The number of rotatable bonds is 6. The van der Waals surface area contributed by atoms with E-state index in [0.29, 0.717) is 16.9 Å². The van der Waals surface area contributed by atoms with E-state index >= 15 is 0 Å². The Morgan fingerprint density at radius 1 is 1.07 bits per heavy atom. The lowest BCUT2D eigenvalue weighted by Crippen LogP contribution is -2.36. The number of hydrogen-bond donors (Lipinski definition) is 0. The molecular formula is C22H29N3O4. The molecule has 1 aromatic heterocycles. The number of anilines is 2. The highest BCUT2D eigenvalue weighted by Crippen LogP contribution is 2.25. The van der Waals surface area contributed by atoms with Crippen molar-refractivity contribution in [3.8, 4) is 0 Å². The monoisotopic (exact) mass is 399 g/mol. The number of hydrogen-bond acceptors (Lipinski definition) is 6. The van der Waals surface area contributed by atoms with Gasteiger partial charge in [-0.05, 0) is 58.0 Å². The maximum Gasteiger partial charge on any atom is 0.415 e. The normalized spacial score (nSPS) is 11.0. The first-order chi connectivity index (χ1) is 13.6. The highest BCUT2D eigenvalue weighted by atomic mass is 16.6. The van der Waals surface area contributed by atoms with Gasteiger partial charge in [0, 0.05) is 31.7 Å². The van der Waals surface area contributed by atoms with Gasteiger partial charge in [0.05, 0.1) is 24.4 Å². The van der Waals surface area contributed by atoms with E-state index in [9.17, 15) is 9.59 Å². The zero-order chi connectivity index (χ0) is 21.6. The van der Waals surface area contributed by atoms with Gasteiger partial charge in [-0.1, -0.05) is 6.07 Å². The Hall–Kier alpha value is -3.09. The quantitative estimate of drug-likeness (QED) is 0.676. The van der Waals surface area contributed by atoms with Gasteiger partial charge in [0.1, 0.15) is 5.60 Å². The first kappa shape index (κ1) is 22.2. The van der Waals surface area contributed by atoms with E-state index in [0.717, 1.165) is 5.69 Å². The smallest absolute Gasteiger partial charge is 0.415 e. The van der Waals surface area contributed by atoms with E-state index in [1.165, 1.54) is 11.1 Å². The van der Waals surface area contributed by atoms with E-state index < -0.39 is 17.7 Å². The van der Waals surface area contributed by atoms with Crippen LogP contribution < -0.4 is 9.80 Å². The van der Waals surface area contributed by atoms with Gasteiger partial charge in [-0.15, -0.1) is 0 Å². The molecule has 0 aliphatic heterocycles. The van der Waals surface area contributed by atoms with Crippen molar-refractivity contribution in [1.82, 2.24) is 4.98 Å². The topological polar surface area (TPSA) is 72.0 Å². The van der Waals surface area contributed by atoms with Crippen molar-refractivity contribution in [2.75, 3.05) is 30.5 Å². The Kier molecular flexibility index (Phi) is 7.20. The lowest BCUT2D eigenvalue weighted by molar-refractivity contribution is 0.0525. The van der Waals surface area contributed by atoms with Crippen LogP contribution in [0.4, 0.5) is 16.2 Å². The zero-order valence-electron chi connectivity index (χ0n) is 17.9. The van der Waals surface area contributed by atoms with Crippen LogP contribution in [-0.2, 0) is 16.0 Å². The minimum atomic E-state index is -0.644. The Morgan fingerprint density at radius 2 is 1.76 bits per heavy atom. The molecule has 0 N–H and O–H groups in total. The second-order valence-electron chi connectivity index (χ2n) is 7.74. The summed E-state index contributed by atoms with van der Waals surface area (Å²) in [7, 11) is 3.86. The molecule has 0 fully saturated rings. The molecule has 0 aliphatic rings. The van der Waals surface area contributed by atoms with Crippen LogP contribution >= 0.6 is 0 Å². The summed E-state index contributed by atoms with van der Waals surface area (Å²) in [6.45, 7) is 7.65. The number of carbonyl (C=O) groups is 2. The molecule has 2 rings (SSSR count). The molecule has 29 heavy (non-hydrogen) atoms. The van der Waals surface area contributed by atoms with E-state index in [1.54, 1.807) is 19.1 Å². The number of carbonyl (C=O) groups excluding carboxylic acids is 2. The van der Waals surface area contributed by atoms with E-state index in [2.05, 4.69) is 4.98 Å². The molecule has 0 saturated carbocycles. The van der Waals surface area contributed by atoms with Crippen LogP contribution in [0, 0.1) is 0 Å². The third kappa shape index (κ3) is 6.48. The Bertz CT molecular complexity index is 859. The van der Waals surface area contributed by atoms with Gasteiger partial charge >= 0.3 is 12.1 Å². The molecule has 0 saturated heterocycles. The number of pyridine rings is 1. The Balaban J connectivity index is 2.38. The minimum Gasteiger partial charge on any atom is -0.462 e. The van der Waals surface area contributed by atoms with Crippen molar-refractivity contribution >= 4 is 23.4 Å². The van der Waals surface area contributed by atoms with Crippen LogP contribution in [0.5, 0.6) is 0 Å². The molecule has 156 valence electrons. The maximum absolute atomic E-state index is 12.9. The third-order valence-corrected chi connectivity index (χ3v) is 3.92. The molecule has 7 nitrogen and oxygen atoms in total. The summed E-state index contributed by atoms with van der Waals surface area (Å²) < 4.78 is 10.6. The summed E-state index contributed by atoms with van der Waals surface area (Å²) in [5.41, 5.74) is 1.92. The van der Waals surface area contributed by atoms with E-state index in [-0.39, 0.29) is 13.2 Å². The van der Waals surface area contributed by atoms with Crippen LogP contribution in [0.15, 0.2) is 42.6 Å². The zero-order valence-corrected chi connectivity index (χ0v) is 17.9. The SMILES string of the molecule is CCOC(=O)c1ccnc(CN(C(=O)OC(C)(C)C)c2cccc(N(C)C)c2)c1. The molecule has 0 spiro atoms. The molecule has 1 heterocycles. The van der Waals surface area contributed by atoms with Crippen molar-refractivity contribution in [1.29, 1.82) is 0 Å². The van der Waals surface area contributed by atoms with Gasteiger partial charge in [-0.25, -0.2) is 9.59 Å². The van der Waals surface area contributed by atoms with Crippen LogP contribution in [0.25, 0.3) is 0 Å². The second kappa shape index (κ2) is 9.41. The fourth-order valence-electron chi connectivity index (χ4n) is 2.59. The standard InChI is InChI=1S/C22H29N3O4/c1-7-28-20(26)16-11-12-23-17(13-16)15-25(21(27)29-22(2,3)4)19-10-8-9-18(14-19)24(5)6/h8-14H,7,15H2,1-6H3. The summed E-state index contributed by atoms with van der Waals surface area (Å²) >= 11 is 0. The van der Waals surface area contributed by atoms with Gasteiger partial charge in [0.25, 0.3) is 0 Å². The number of ether oxygens (including phenoxy) is 2. The lowest BCUT2D eigenvalue weighted by Gasteiger charge is -2.28. The lowest BCUT2D eigenvalue weighted by atomic mass is 10.2. The van der Waals surface area contributed by atoms with Crippen molar-refractivity contribution in [2.24, 2.45) is 0 Å². The highest BCUT2D eigenvalue weighted by molar-refractivity contribution is 5.90. The molecule has 0 atom stereocenters. The fraction of sp³-hybridized carbons (Fsp3) is 0.409. The third-order valence-electron chi connectivity index (χ3n) is 3.92. The van der Waals surface area contributed by atoms with Crippen LogP contribution in [0.2, 0.25) is 0 Å². The summed E-state index contributed by atoms with van der Waals surface area (Å²) in [4.78, 5) is 32.8. The molecule has 1 amide bonds. The van der Waals surface area contributed by atoms with Gasteiger partial charge in [0.2, 0.25) is 0 Å². The number of esters is 1. The van der Waals surface area contributed by atoms with Gasteiger partial charge in [-0.2, -0.15) is 0 Å². The van der Waals surface area contributed by atoms with Gasteiger partial charge in [0.15, 0.2) is 0 Å². The summed E-state index contributed by atoms with van der Waals surface area (Å²) in [6.07, 6.45) is 1.04. The van der Waals surface area contributed by atoms with E-state index in [1.807, 2.05) is 64.0 Å². The average Bonchev–Trinajstić information content (AvgIpc) is 2.65. The number of amides is 1. The Labute approximate surface area is 172 Å². The van der Waals surface area contributed by atoms with Crippen molar-refractivity contribution in [3.05, 3.63) is 53.9 Å². The molecule has 0 bridgehead atoms. The van der Waals surface area contributed by atoms with Crippen molar-refractivity contribution in [3.63, 3.8) is 0 Å². The molecule has 1 aromatic carbocycles.